The lowest BCUT2D eigenvalue weighted by atomic mass is 10.1. The average Bonchev–Trinajstić information content (AvgIpc) is 2.41. The zero-order valence-corrected chi connectivity index (χ0v) is 14.3. The van der Waals surface area contributed by atoms with Crippen molar-refractivity contribution in [2.45, 2.75) is 6.42 Å². The molecule has 0 bridgehead atoms. The Morgan fingerprint density at radius 2 is 2.11 bits per heavy atom. The van der Waals surface area contributed by atoms with E-state index < -0.39 is 0 Å². The number of halogens is 2. The number of nitrogens with one attached hydrogen (secondary N) is 2. The van der Waals surface area contributed by atoms with Crippen LogP contribution < -0.4 is 10.6 Å². The van der Waals surface area contributed by atoms with Crippen molar-refractivity contribution in [3.8, 4) is 0 Å². The molecule has 0 atom stereocenters. The van der Waals surface area contributed by atoms with Crippen LogP contribution in [-0.2, 0) is 6.42 Å². The van der Waals surface area contributed by atoms with E-state index in [2.05, 4.69) is 37.8 Å². The highest BCUT2D eigenvalue weighted by atomic mass is 79.9. The van der Waals surface area contributed by atoms with Gasteiger partial charge in [0.15, 0.2) is 5.96 Å². The lowest BCUT2D eigenvalue weighted by Gasteiger charge is -2.12. The van der Waals surface area contributed by atoms with Crippen molar-refractivity contribution in [3.05, 3.63) is 33.3 Å². The van der Waals surface area contributed by atoms with E-state index in [9.17, 15) is 0 Å². The molecule has 6 heteroatoms. The Morgan fingerprint density at radius 1 is 1.37 bits per heavy atom. The maximum atomic E-state index is 5.99. The molecule has 0 heterocycles. The summed E-state index contributed by atoms with van der Waals surface area (Å²) in [6.45, 7) is 1.74. The van der Waals surface area contributed by atoms with Crippen molar-refractivity contribution in [3.63, 3.8) is 0 Å². The van der Waals surface area contributed by atoms with Gasteiger partial charge in [-0.3, -0.25) is 4.99 Å². The van der Waals surface area contributed by atoms with E-state index in [1.807, 2.05) is 30.0 Å². The summed E-state index contributed by atoms with van der Waals surface area (Å²) in [6.07, 6.45) is 2.99. The van der Waals surface area contributed by atoms with Gasteiger partial charge in [-0.25, -0.2) is 0 Å². The van der Waals surface area contributed by atoms with Crippen molar-refractivity contribution in [2.75, 3.05) is 32.1 Å². The molecule has 106 valence electrons. The first-order valence-electron chi connectivity index (χ1n) is 6.04. The summed E-state index contributed by atoms with van der Waals surface area (Å²) in [5.74, 6) is 1.91. The van der Waals surface area contributed by atoms with Crippen LogP contribution in [0.3, 0.4) is 0 Å². The maximum Gasteiger partial charge on any atom is 0.191 e. The molecule has 1 rings (SSSR count). The highest BCUT2D eigenvalue weighted by Gasteiger charge is 2.02. The topological polar surface area (TPSA) is 36.4 Å². The van der Waals surface area contributed by atoms with Crippen LogP contribution in [0.1, 0.15) is 5.56 Å². The number of guanidine groups is 1. The van der Waals surface area contributed by atoms with Gasteiger partial charge >= 0.3 is 0 Å². The summed E-state index contributed by atoms with van der Waals surface area (Å²) in [5, 5.41) is 7.32. The smallest absolute Gasteiger partial charge is 0.191 e. The lowest BCUT2D eigenvalue weighted by Crippen LogP contribution is -2.39. The predicted molar refractivity (Wildman–Crippen MR) is 90.6 cm³/mol. The summed E-state index contributed by atoms with van der Waals surface area (Å²) < 4.78 is 1.09. The molecular formula is C13H19BrClN3S. The van der Waals surface area contributed by atoms with Crippen molar-refractivity contribution >= 4 is 45.3 Å². The molecule has 19 heavy (non-hydrogen) atoms. The number of nitrogens with zero attached hydrogens (tertiary/aromatic N) is 1. The molecule has 0 unspecified atom stereocenters. The van der Waals surface area contributed by atoms with Crippen molar-refractivity contribution in [1.82, 2.24) is 10.6 Å². The molecule has 0 amide bonds. The molecule has 2 N–H and O–H groups in total. The van der Waals surface area contributed by atoms with Crippen molar-refractivity contribution < 1.29 is 0 Å². The fourth-order valence-corrected chi connectivity index (χ4v) is 2.49. The van der Waals surface area contributed by atoms with E-state index in [1.165, 1.54) is 5.56 Å². The Labute approximate surface area is 132 Å². The minimum absolute atomic E-state index is 0.765. The number of aliphatic imine (C=N–C) groups is 1. The fraction of sp³-hybridized carbons (Fsp3) is 0.462. The highest BCUT2D eigenvalue weighted by Crippen LogP contribution is 2.21. The van der Waals surface area contributed by atoms with E-state index in [0.29, 0.717) is 0 Å². The molecule has 0 aromatic heterocycles. The minimum Gasteiger partial charge on any atom is -0.356 e. The molecule has 0 aliphatic heterocycles. The standard InChI is InChI=1S/C13H19BrClN3S/c1-16-13(18-7-8-19-2)17-6-5-10-9-11(15)3-4-12(10)14/h3-4,9H,5-8H2,1-2H3,(H2,16,17,18). The third-order valence-corrected chi connectivity index (χ3v) is 4.14. The van der Waals surface area contributed by atoms with Crippen LogP contribution >= 0.6 is 39.3 Å². The van der Waals surface area contributed by atoms with Crippen LogP contribution in [0.15, 0.2) is 27.7 Å². The molecule has 1 aromatic carbocycles. The second kappa shape index (κ2) is 9.50. The summed E-state index contributed by atoms with van der Waals surface area (Å²) in [4.78, 5) is 4.18. The molecule has 0 spiro atoms. The maximum absolute atomic E-state index is 5.99. The van der Waals surface area contributed by atoms with Gasteiger partial charge in [-0.1, -0.05) is 27.5 Å². The number of hydrogen-bond donors (Lipinski definition) is 2. The number of benzene rings is 1. The Kier molecular flexibility index (Phi) is 8.34. The molecule has 0 saturated carbocycles. The monoisotopic (exact) mass is 363 g/mol. The van der Waals surface area contributed by atoms with E-state index >= 15 is 0 Å². The van der Waals surface area contributed by atoms with E-state index in [1.54, 1.807) is 7.05 Å². The van der Waals surface area contributed by atoms with Gasteiger partial charge in [-0.15, -0.1) is 0 Å². The summed E-state index contributed by atoms with van der Waals surface area (Å²) in [6, 6.07) is 5.84. The summed E-state index contributed by atoms with van der Waals surface area (Å²) in [7, 11) is 1.78. The molecular weight excluding hydrogens is 346 g/mol. The van der Waals surface area contributed by atoms with Gasteiger partial charge in [0.05, 0.1) is 0 Å². The van der Waals surface area contributed by atoms with Gasteiger partial charge < -0.3 is 10.6 Å². The normalized spacial score (nSPS) is 11.5. The van der Waals surface area contributed by atoms with Gasteiger partial charge in [-0.05, 0) is 36.4 Å². The van der Waals surface area contributed by atoms with E-state index in [0.717, 1.165) is 40.7 Å². The molecule has 0 saturated heterocycles. The highest BCUT2D eigenvalue weighted by molar-refractivity contribution is 9.10. The molecule has 1 aromatic rings. The molecule has 0 aliphatic carbocycles. The van der Waals surface area contributed by atoms with Crippen LogP contribution in [0, 0.1) is 0 Å². The Morgan fingerprint density at radius 3 is 2.79 bits per heavy atom. The van der Waals surface area contributed by atoms with Crippen LogP contribution in [0.25, 0.3) is 0 Å². The quantitative estimate of drug-likeness (QED) is 0.462. The number of rotatable bonds is 6. The Hall–Kier alpha value is -0.390. The van der Waals surface area contributed by atoms with Crippen molar-refractivity contribution in [2.24, 2.45) is 4.99 Å². The number of thioether (sulfide) groups is 1. The largest absolute Gasteiger partial charge is 0.356 e. The SMILES string of the molecule is CN=C(NCCSC)NCCc1cc(Cl)ccc1Br. The van der Waals surface area contributed by atoms with Gasteiger partial charge in [-0.2, -0.15) is 11.8 Å². The first-order chi connectivity index (χ1) is 9.17. The van der Waals surface area contributed by atoms with Gasteiger partial charge in [0.25, 0.3) is 0 Å². The fourth-order valence-electron chi connectivity index (χ4n) is 1.54. The first kappa shape index (κ1) is 16.7. The first-order valence-corrected chi connectivity index (χ1v) is 8.61. The zero-order valence-electron chi connectivity index (χ0n) is 11.2. The second-order valence-corrected chi connectivity index (χ2v) is 6.18. The van der Waals surface area contributed by atoms with E-state index in [-0.39, 0.29) is 0 Å². The van der Waals surface area contributed by atoms with Crippen LogP contribution in [-0.4, -0.2) is 38.1 Å². The predicted octanol–water partition coefficient (Wildman–Crippen LogP) is 3.17. The molecule has 3 nitrogen and oxygen atoms in total. The lowest BCUT2D eigenvalue weighted by molar-refractivity contribution is 0.810. The van der Waals surface area contributed by atoms with Crippen LogP contribution in [0.2, 0.25) is 5.02 Å². The summed E-state index contributed by atoms with van der Waals surface area (Å²) >= 11 is 11.3. The molecule has 0 aliphatic rings. The van der Waals surface area contributed by atoms with E-state index in [4.69, 9.17) is 11.6 Å². The van der Waals surface area contributed by atoms with Gasteiger partial charge in [0, 0.05) is 35.4 Å². The van der Waals surface area contributed by atoms with Crippen molar-refractivity contribution in [1.29, 1.82) is 0 Å². The average molecular weight is 365 g/mol. The summed E-state index contributed by atoms with van der Waals surface area (Å²) in [5.41, 5.74) is 1.19. The third kappa shape index (κ3) is 6.54. The third-order valence-electron chi connectivity index (χ3n) is 2.52. The minimum atomic E-state index is 0.765. The molecule has 0 fully saturated rings. The van der Waals surface area contributed by atoms with Gasteiger partial charge in [0.2, 0.25) is 0 Å². The molecule has 0 radical (unpaired) electrons. The second-order valence-electron chi connectivity index (χ2n) is 3.90. The van der Waals surface area contributed by atoms with Crippen LogP contribution in [0.5, 0.6) is 0 Å². The van der Waals surface area contributed by atoms with Gasteiger partial charge in [0.1, 0.15) is 0 Å². The Balaban J connectivity index is 2.38. The van der Waals surface area contributed by atoms with Crippen LogP contribution in [0.4, 0.5) is 0 Å². The Bertz CT molecular complexity index is 426. The number of hydrogen-bond acceptors (Lipinski definition) is 2. The zero-order chi connectivity index (χ0) is 14.1.